The molecule has 1 unspecified atom stereocenters. The molecule has 2 N–H and O–H groups in total. The van der Waals surface area contributed by atoms with Crippen LogP contribution < -0.4 is 5.73 Å². The maximum Gasteiger partial charge on any atom is 0.255 e. The fourth-order valence-corrected chi connectivity index (χ4v) is 2.93. The first-order valence-electron chi connectivity index (χ1n) is 6.50. The molecule has 1 aromatic rings. The fraction of sp³-hybridized carbons (Fsp3) is 0.500. The topological polar surface area (TPSA) is 49.6 Å². The summed E-state index contributed by atoms with van der Waals surface area (Å²) >= 11 is 3.42. The van der Waals surface area contributed by atoms with Crippen LogP contribution in [0.1, 0.15) is 23.2 Å². The lowest BCUT2D eigenvalue weighted by Gasteiger charge is -2.36. The van der Waals surface area contributed by atoms with Crippen LogP contribution in [0.15, 0.2) is 22.7 Å². The number of rotatable bonds is 2. The summed E-state index contributed by atoms with van der Waals surface area (Å²) in [4.78, 5) is 16.7. The number of likely N-dealkylation sites (tertiary alicyclic amines) is 1. The van der Waals surface area contributed by atoms with E-state index in [1.165, 1.54) is 0 Å². The van der Waals surface area contributed by atoms with Crippen molar-refractivity contribution in [2.75, 3.05) is 32.9 Å². The van der Waals surface area contributed by atoms with E-state index in [0.717, 1.165) is 30.4 Å². The second-order valence-corrected chi connectivity index (χ2v) is 6.07. The molecule has 0 radical (unpaired) electrons. The van der Waals surface area contributed by atoms with Gasteiger partial charge in [0.25, 0.3) is 5.91 Å². The van der Waals surface area contributed by atoms with Gasteiger partial charge in [0.1, 0.15) is 0 Å². The summed E-state index contributed by atoms with van der Waals surface area (Å²) in [6, 6.07) is 5.62. The average molecular weight is 326 g/mol. The lowest BCUT2D eigenvalue weighted by molar-refractivity contribution is 0.0643. The van der Waals surface area contributed by atoms with Crippen LogP contribution in [-0.2, 0) is 0 Å². The van der Waals surface area contributed by atoms with Gasteiger partial charge in [-0.25, -0.2) is 0 Å². The molecule has 19 heavy (non-hydrogen) atoms. The van der Waals surface area contributed by atoms with Crippen molar-refractivity contribution < 1.29 is 4.79 Å². The van der Waals surface area contributed by atoms with Crippen LogP contribution in [0.5, 0.6) is 0 Å². The Morgan fingerprint density at radius 2 is 2.26 bits per heavy atom. The number of carbonyl (C=O) groups excluding carboxylic acids is 1. The number of carbonyl (C=O) groups is 1. The predicted octanol–water partition coefficient (Wildman–Crippen LogP) is 2.20. The molecular formula is C14H20BrN3O. The Kier molecular flexibility index (Phi) is 4.47. The summed E-state index contributed by atoms with van der Waals surface area (Å²) < 4.78 is 0.794. The zero-order chi connectivity index (χ0) is 14.0. The molecule has 1 aliphatic rings. The summed E-state index contributed by atoms with van der Waals surface area (Å²) in [5.41, 5.74) is 7.01. The molecule has 1 heterocycles. The summed E-state index contributed by atoms with van der Waals surface area (Å²) in [6.07, 6.45) is 2.20. The number of nitrogens with zero attached hydrogens (tertiary/aromatic N) is 2. The van der Waals surface area contributed by atoms with Crippen LogP contribution in [0.3, 0.4) is 0 Å². The van der Waals surface area contributed by atoms with Gasteiger partial charge in [-0.1, -0.05) is 0 Å². The lowest BCUT2D eigenvalue weighted by Crippen LogP contribution is -2.47. The van der Waals surface area contributed by atoms with E-state index < -0.39 is 0 Å². The highest BCUT2D eigenvalue weighted by atomic mass is 79.9. The Balaban J connectivity index is 2.16. The number of anilines is 1. The van der Waals surface area contributed by atoms with Gasteiger partial charge in [0, 0.05) is 29.8 Å². The molecule has 0 spiro atoms. The zero-order valence-corrected chi connectivity index (χ0v) is 13.0. The molecule has 0 saturated carbocycles. The van der Waals surface area contributed by atoms with Crippen LogP contribution in [0.2, 0.25) is 0 Å². The fourth-order valence-electron chi connectivity index (χ4n) is 2.52. The molecule has 0 aliphatic carbocycles. The second-order valence-electron chi connectivity index (χ2n) is 5.21. The standard InChI is InChI=1S/C14H20BrN3O/c1-17-7-3-4-11(9-17)18(2)14(19)12-8-10(16)5-6-13(12)15/h5-6,8,11H,3-4,7,9,16H2,1-2H3. The van der Waals surface area contributed by atoms with Gasteiger partial charge in [0.2, 0.25) is 0 Å². The summed E-state index contributed by atoms with van der Waals surface area (Å²) in [7, 11) is 3.97. The molecule has 1 fully saturated rings. The van der Waals surface area contributed by atoms with Crippen molar-refractivity contribution in [1.82, 2.24) is 9.80 Å². The van der Waals surface area contributed by atoms with Gasteiger partial charge in [0.05, 0.1) is 5.56 Å². The second kappa shape index (κ2) is 5.92. The minimum absolute atomic E-state index is 0.0273. The van der Waals surface area contributed by atoms with Gasteiger partial charge in [0.15, 0.2) is 0 Å². The number of halogens is 1. The van der Waals surface area contributed by atoms with Crippen molar-refractivity contribution in [3.63, 3.8) is 0 Å². The molecule has 1 aromatic carbocycles. The molecule has 1 amide bonds. The third-order valence-electron chi connectivity index (χ3n) is 3.69. The monoisotopic (exact) mass is 325 g/mol. The van der Waals surface area contributed by atoms with Crippen molar-refractivity contribution >= 4 is 27.5 Å². The predicted molar refractivity (Wildman–Crippen MR) is 81.2 cm³/mol. The lowest BCUT2D eigenvalue weighted by atomic mass is 10.0. The molecule has 0 bridgehead atoms. The van der Waals surface area contributed by atoms with Crippen molar-refractivity contribution in [3.05, 3.63) is 28.2 Å². The van der Waals surface area contributed by atoms with Crippen molar-refractivity contribution in [2.24, 2.45) is 0 Å². The first kappa shape index (κ1) is 14.3. The molecule has 5 heteroatoms. The van der Waals surface area contributed by atoms with Crippen LogP contribution in [0.25, 0.3) is 0 Å². The molecule has 1 saturated heterocycles. The van der Waals surface area contributed by atoms with E-state index in [1.807, 2.05) is 18.0 Å². The SMILES string of the molecule is CN1CCCC(N(C)C(=O)c2cc(N)ccc2Br)C1. The van der Waals surface area contributed by atoms with Crippen LogP contribution in [-0.4, -0.2) is 48.9 Å². The van der Waals surface area contributed by atoms with Gasteiger partial charge >= 0.3 is 0 Å². The van der Waals surface area contributed by atoms with Gasteiger partial charge in [-0.05, 0) is 60.6 Å². The molecule has 1 aliphatic heterocycles. The van der Waals surface area contributed by atoms with Crippen molar-refractivity contribution in [3.8, 4) is 0 Å². The quantitative estimate of drug-likeness (QED) is 0.848. The number of hydrogen-bond donors (Lipinski definition) is 1. The highest BCUT2D eigenvalue weighted by Crippen LogP contribution is 2.23. The Hall–Kier alpha value is -1.07. The van der Waals surface area contributed by atoms with Crippen molar-refractivity contribution in [2.45, 2.75) is 18.9 Å². The maximum absolute atomic E-state index is 12.5. The normalized spacial score (nSPS) is 20.3. The summed E-state index contributed by atoms with van der Waals surface area (Å²) in [5, 5.41) is 0. The molecule has 0 aromatic heterocycles. The number of amides is 1. The number of piperidine rings is 1. The first-order chi connectivity index (χ1) is 8.99. The summed E-state index contributed by atoms with van der Waals surface area (Å²) in [5.74, 6) is 0.0273. The average Bonchev–Trinajstić information content (AvgIpc) is 2.40. The molecule has 1 atom stereocenters. The number of likely N-dealkylation sites (N-methyl/N-ethyl adjacent to an activating group) is 2. The van der Waals surface area contributed by atoms with E-state index in [-0.39, 0.29) is 11.9 Å². The molecule has 4 nitrogen and oxygen atoms in total. The number of hydrogen-bond acceptors (Lipinski definition) is 3. The van der Waals surface area contributed by atoms with Gasteiger partial charge in [-0.15, -0.1) is 0 Å². The van der Waals surface area contributed by atoms with E-state index in [1.54, 1.807) is 12.1 Å². The Labute approximate surface area is 122 Å². The van der Waals surface area contributed by atoms with E-state index >= 15 is 0 Å². The number of nitrogen functional groups attached to an aromatic ring is 1. The smallest absolute Gasteiger partial charge is 0.255 e. The van der Waals surface area contributed by atoms with Crippen LogP contribution >= 0.6 is 15.9 Å². The third kappa shape index (κ3) is 3.28. The highest BCUT2D eigenvalue weighted by Gasteiger charge is 2.26. The van der Waals surface area contributed by atoms with E-state index in [4.69, 9.17) is 5.73 Å². The Bertz CT molecular complexity index is 478. The molecule has 2 rings (SSSR count). The molecular weight excluding hydrogens is 306 g/mol. The number of benzene rings is 1. The third-order valence-corrected chi connectivity index (χ3v) is 4.38. The maximum atomic E-state index is 12.5. The Morgan fingerprint density at radius 3 is 2.95 bits per heavy atom. The zero-order valence-electron chi connectivity index (χ0n) is 11.4. The molecule has 104 valence electrons. The highest BCUT2D eigenvalue weighted by molar-refractivity contribution is 9.10. The van der Waals surface area contributed by atoms with Crippen molar-refractivity contribution in [1.29, 1.82) is 0 Å². The Morgan fingerprint density at radius 1 is 1.53 bits per heavy atom. The number of nitrogens with two attached hydrogens (primary N) is 1. The van der Waals surface area contributed by atoms with E-state index in [9.17, 15) is 4.79 Å². The van der Waals surface area contributed by atoms with E-state index in [2.05, 4.69) is 27.9 Å². The van der Waals surface area contributed by atoms with Gasteiger partial charge < -0.3 is 15.5 Å². The van der Waals surface area contributed by atoms with Crippen LogP contribution in [0, 0.1) is 0 Å². The summed E-state index contributed by atoms with van der Waals surface area (Å²) in [6.45, 7) is 2.04. The van der Waals surface area contributed by atoms with Gasteiger partial charge in [-0.3, -0.25) is 4.79 Å². The minimum Gasteiger partial charge on any atom is -0.399 e. The minimum atomic E-state index is 0.0273. The first-order valence-corrected chi connectivity index (χ1v) is 7.29. The van der Waals surface area contributed by atoms with E-state index in [0.29, 0.717) is 11.3 Å². The van der Waals surface area contributed by atoms with Gasteiger partial charge in [-0.2, -0.15) is 0 Å². The van der Waals surface area contributed by atoms with Crippen LogP contribution in [0.4, 0.5) is 5.69 Å². The largest absolute Gasteiger partial charge is 0.399 e.